The Morgan fingerprint density at radius 3 is 2.59 bits per heavy atom. The molecule has 2 spiro atoms. The number of hydrogen-bond donors (Lipinski definition) is 0. The number of halogens is 1. The molecule has 150 valence electrons. The van der Waals surface area contributed by atoms with Crippen molar-refractivity contribution in [1.29, 1.82) is 0 Å². The standard InChI is InChI=1S/C20H29N3O3.ClH/c1-3-23-15-19(26-20(8-9-20)18(23)24)10-13-22(14-11-19)12-7-16-5-4-6-17(21-16)25-2;/h4-6H,3,7-15H2,1-2H3;1H. The van der Waals surface area contributed by atoms with Gasteiger partial charge in [0.15, 0.2) is 0 Å². The number of rotatable bonds is 5. The third-order valence-electron chi connectivity index (χ3n) is 6.10. The van der Waals surface area contributed by atoms with Gasteiger partial charge in [0.2, 0.25) is 5.88 Å². The molecule has 3 heterocycles. The molecule has 1 aliphatic carbocycles. The number of pyridine rings is 1. The van der Waals surface area contributed by atoms with Gasteiger partial charge < -0.3 is 19.3 Å². The number of morpholine rings is 1. The third-order valence-corrected chi connectivity index (χ3v) is 6.10. The lowest BCUT2D eigenvalue weighted by Crippen LogP contribution is -2.62. The van der Waals surface area contributed by atoms with E-state index in [1.807, 2.05) is 17.0 Å². The molecule has 1 aromatic heterocycles. The Bertz CT molecular complexity index is 672. The number of hydrogen-bond acceptors (Lipinski definition) is 5. The fourth-order valence-electron chi connectivity index (χ4n) is 4.31. The Kier molecular flexibility index (Phi) is 5.99. The molecule has 0 unspecified atom stereocenters. The number of likely N-dealkylation sites (tertiary alicyclic amines) is 1. The molecule has 7 heteroatoms. The van der Waals surface area contributed by atoms with E-state index in [0.29, 0.717) is 5.88 Å². The second-order valence-corrected chi connectivity index (χ2v) is 7.86. The zero-order valence-electron chi connectivity index (χ0n) is 16.3. The van der Waals surface area contributed by atoms with E-state index in [-0.39, 0.29) is 23.9 Å². The van der Waals surface area contributed by atoms with Crippen LogP contribution in [0.25, 0.3) is 0 Å². The zero-order chi connectivity index (χ0) is 18.2. The van der Waals surface area contributed by atoms with Crippen LogP contribution in [0.15, 0.2) is 18.2 Å². The van der Waals surface area contributed by atoms with Gasteiger partial charge in [0.25, 0.3) is 5.91 Å². The van der Waals surface area contributed by atoms with Gasteiger partial charge in [-0.3, -0.25) is 4.79 Å². The maximum Gasteiger partial charge on any atom is 0.254 e. The first-order chi connectivity index (χ1) is 12.6. The fraction of sp³-hybridized carbons (Fsp3) is 0.700. The fourth-order valence-corrected chi connectivity index (χ4v) is 4.31. The summed E-state index contributed by atoms with van der Waals surface area (Å²) in [5, 5.41) is 0. The topological polar surface area (TPSA) is 54.9 Å². The zero-order valence-corrected chi connectivity index (χ0v) is 17.1. The molecular weight excluding hydrogens is 366 g/mol. The smallest absolute Gasteiger partial charge is 0.254 e. The highest BCUT2D eigenvalue weighted by Crippen LogP contribution is 2.49. The molecule has 1 amide bonds. The van der Waals surface area contributed by atoms with Crippen LogP contribution in [-0.2, 0) is 16.0 Å². The normalized spacial score (nSPS) is 23.3. The molecule has 0 atom stereocenters. The number of piperidine rings is 1. The van der Waals surface area contributed by atoms with E-state index in [2.05, 4.69) is 22.9 Å². The number of ether oxygens (including phenoxy) is 2. The molecule has 1 saturated carbocycles. The summed E-state index contributed by atoms with van der Waals surface area (Å²) in [7, 11) is 1.65. The molecule has 27 heavy (non-hydrogen) atoms. The first-order valence-corrected chi connectivity index (χ1v) is 9.80. The van der Waals surface area contributed by atoms with Crippen molar-refractivity contribution in [2.24, 2.45) is 0 Å². The van der Waals surface area contributed by atoms with Crippen molar-refractivity contribution in [3.63, 3.8) is 0 Å². The molecule has 3 aliphatic rings. The van der Waals surface area contributed by atoms with Crippen LogP contribution in [0.1, 0.15) is 38.3 Å². The Hall–Kier alpha value is -1.37. The minimum Gasteiger partial charge on any atom is -0.481 e. The van der Waals surface area contributed by atoms with Gasteiger partial charge in [-0.05, 0) is 38.7 Å². The maximum atomic E-state index is 12.5. The van der Waals surface area contributed by atoms with Crippen molar-refractivity contribution < 1.29 is 14.3 Å². The number of likely N-dealkylation sites (N-methyl/N-ethyl adjacent to an activating group) is 1. The summed E-state index contributed by atoms with van der Waals surface area (Å²) >= 11 is 0. The highest BCUT2D eigenvalue weighted by molar-refractivity contribution is 5.89. The molecule has 4 rings (SSSR count). The highest BCUT2D eigenvalue weighted by Gasteiger charge is 2.61. The van der Waals surface area contributed by atoms with Crippen LogP contribution in [0.3, 0.4) is 0 Å². The molecule has 1 aromatic rings. The summed E-state index contributed by atoms with van der Waals surface area (Å²) in [5.41, 5.74) is 0.463. The number of nitrogens with zero attached hydrogens (tertiary/aromatic N) is 3. The molecule has 0 radical (unpaired) electrons. The van der Waals surface area contributed by atoms with Gasteiger partial charge in [-0.2, -0.15) is 0 Å². The Labute approximate surface area is 167 Å². The van der Waals surface area contributed by atoms with E-state index in [9.17, 15) is 4.79 Å². The van der Waals surface area contributed by atoms with E-state index in [1.54, 1.807) is 7.11 Å². The summed E-state index contributed by atoms with van der Waals surface area (Å²) < 4.78 is 11.7. The summed E-state index contributed by atoms with van der Waals surface area (Å²) in [6, 6.07) is 5.93. The third kappa shape index (κ3) is 4.08. The van der Waals surface area contributed by atoms with E-state index in [1.165, 1.54) is 0 Å². The highest BCUT2D eigenvalue weighted by atomic mass is 35.5. The number of carbonyl (C=O) groups excluding carboxylic acids is 1. The molecule has 0 N–H and O–H groups in total. The van der Waals surface area contributed by atoms with Crippen molar-refractivity contribution in [1.82, 2.24) is 14.8 Å². The lowest BCUT2D eigenvalue weighted by Gasteiger charge is -2.50. The molecule has 3 fully saturated rings. The van der Waals surface area contributed by atoms with Gasteiger partial charge in [0, 0.05) is 50.9 Å². The Balaban J connectivity index is 0.00000210. The second-order valence-electron chi connectivity index (χ2n) is 7.86. The largest absolute Gasteiger partial charge is 0.481 e. The first-order valence-electron chi connectivity index (χ1n) is 9.80. The minimum atomic E-state index is -0.471. The second kappa shape index (κ2) is 7.94. The number of amides is 1. The lowest BCUT2D eigenvalue weighted by atomic mass is 9.88. The molecule has 2 aliphatic heterocycles. The summed E-state index contributed by atoms with van der Waals surface area (Å²) in [6.45, 7) is 6.66. The van der Waals surface area contributed by atoms with E-state index >= 15 is 0 Å². The van der Waals surface area contributed by atoms with Gasteiger partial charge >= 0.3 is 0 Å². The van der Waals surface area contributed by atoms with Gasteiger partial charge in [-0.1, -0.05) is 6.07 Å². The van der Waals surface area contributed by atoms with Crippen molar-refractivity contribution >= 4 is 18.3 Å². The average Bonchev–Trinajstić information content (AvgIpc) is 3.44. The summed E-state index contributed by atoms with van der Waals surface area (Å²) in [5.74, 6) is 0.895. The predicted octanol–water partition coefficient (Wildman–Crippen LogP) is 2.30. The van der Waals surface area contributed by atoms with E-state index in [4.69, 9.17) is 9.47 Å². The van der Waals surface area contributed by atoms with Crippen LogP contribution in [0.2, 0.25) is 0 Å². The van der Waals surface area contributed by atoms with Crippen LogP contribution >= 0.6 is 12.4 Å². The van der Waals surface area contributed by atoms with Crippen LogP contribution < -0.4 is 4.74 Å². The average molecular weight is 396 g/mol. The van der Waals surface area contributed by atoms with E-state index in [0.717, 1.165) is 70.5 Å². The molecule has 0 bridgehead atoms. The van der Waals surface area contributed by atoms with Gasteiger partial charge in [-0.15, -0.1) is 12.4 Å². The van der Waals surface area contributed by atoms with Gasteiger partial charge in [-0.25, -0.2) is 4.98 Å². The van der Waals surface area contributed by atoms with Crippen molar-refractivity contribution in [2.45, 2.75) is 50.2 Å². The molecule has 6 nitrogen and oxygen atoms in total. The summed E-state index contributed by atoms with van der Waals surface area (Å²) in [6.07, 6.45) is 4.73. The van der Waals surface area contributed by atoms with Crippen LogP contribution in [0.5, 0.6) is 5.88 Å². The number of methoxy groups -OCH3 is 1. The minimum absolute atomic E-state index is 0. The van der Waals surface area contributed by atoms with Gasteiger partial charge in [0.05, 0.1) is 12.7 Å². The van der Waals surface area contributed by atoms with E-state index < -0.39 is 5.60 Å². The van der Waals surface area contributed by atoms with Crippen molar-refractivity contribution in [2.75, 3.05) is 39.8 Å². The Morgan fingerprint density at radius 1 is 1.22 bits per heavy atom. The molecule has 2 saturated heterocycles. The van der Waals surface area contributed by atoms with Crippen molar-refractivity contribution in [3.05, 3.63) is 23.9 Å². The molecular formula is C20H30ClN3O3. The SMILES string of the molecule is CCN1CC2(CCN(CCc3cccc(OC)n3)CC2)OC2(CC2)C1=O.Cl. The van der Waals surface area contributed by atoms with Crippen LogP contribution in [-0.4, -0.2) is 71.7 Å². The maximum absolute atomic E-state index is 12.5. The Morgan fingerprint density at radius 2 is 1.96 bits per heavy atom. The van der Waals surface area contributed by atoms with Crippen LogP contribution in [0.4, 0.5) is 0 Å². The predicted molar refractivity (Wildman–Crippen MR) is 105 cm³/mol. The van der Waals surface area contributed by atoms with Crippen molar-refractivity contribution in [3.8, 4) is 5.88 Å². The summed E-state index contributed by atoms with van der Waals surface area (Å²) in [4.78, 5) is 21.5. The first kappa shape index (κ1) is 20.4. The van der Waals surface area contributed by atoms with Gasteiger partial charge in [0.1, 0.15) is 5.60 Å². The monoisotopic (exact) mass is 395 g/mol. The molecule has 0 aromatic carbocycles. The quantitative estimate of drug-likeness (QED) is 0.765. The number of aromatic nitrogens is 1. The van der Waals surface area contributed by atoms with Crippen LogP contribution in [0, 0.1) is 0 Å². The number of carbonyl (C=O) groups is 1. The lowest BCUT2D eigenvalue weighted by molar-refractivity contribution is -0.200.